The Morgan fingerprint density at radius 3 is 2.58 bits per heavy atom. The lowest BCUT2D eigenvalue weighted by molar-refractivity contribution is -0.384. The van der Waals surface area contributed by atoms with Gasteiger partial charge in [-0.15, -0.1) is 0 Å². The monoisotopic (exact) mass is 327 g/mol. The normalized spacial score (nSPS) is 18.4. The molecule has 104 valence electrons. The van der Waals surface area contributed by atoms with Crippen molar-refractivity contribution in [2.75, 3.05) is 18.0 Å². The summed E-state index contributed by atoms with van der Waals surface area (Å²) in [5.74, 6) is 0.577. The van der Waals surface area contributed by atoms with E-state index < -0.39 is 0 Å². The fourth-order valence-electron chi connectivity index (χ4n) is 2.53. The molecule has 0 aromatic heterocycles. The lowest BCUT2D eigenvalue weighted by Gasteiger charge is -2.35. The van der Waals surface area contributed by atoms with Gasteiger partial charge in [-0.1, -0.05) is 0 Å². The summed E-state index contributed by atoms with van der Waals surface area (Å²) in [4.78, 5) is 12.6. The highest BCUT2D eigenvalue weighted by Crippen LogP contribution is 2.33. The van der Waals surface area contributed by atoms with Crippen LogP contribution in [0.25, 0.3) is 0 Å². The molecule has 1 saturated heterocycles. The summed E-state index contributed by atoms with van der Waals surface area (Å²) >= 11 is 3.42. The van der Waals surface area contributed by atoms with Crippen LogP contribution >= 0.6 is 15.9 Å². The highest BCUT2D eigenvalue weighted by atomic mass is 79.9. The molecule has 1 atom stereocenters. The average Bonchev–Trinajstić information content (AvgIpc) is 2.38. The first-order valence-electron chi connectivity index (χ1n) is 6.43. The fourth-order valence-corrected chi connectivity index (χ4v) is 3.15. The van der Waals surface area contributed by atoms with E-state index in [9.17, 15) is 10.1 Å². The molecule has 5 nitrogen and oxygen atoms in total. The van der Waals surface area contributed by atoms with Crippen LogP contribution < -0.4 is 10.6 Å². The van der Waals surface area contributed by atoms with Crippen molar-refractivity contribution in [1.82, 2.24) is 0 Å². The van der Waals surface area contributed by atoms with Crippen molar-refractivity contribution in [3.05, 3.63) is 32.8 Å². The second kappa shape index (κ2) is 5.88. The number of anilines is 1. The Bertz CT molecular complexity index is 471. The predicted molar refractivity (Wildman–Crippen MR) is 79.4 cm³/mol. The number of hydrogen-bond donors (Lipinski definition) is 1. The van der Waals surface area contributed by atoms with Crippen molar-refractivity contribution in [3.63, 3.8) is 0 Å². The Balaban J connectivity index is 2.09. The summed E-state index contributed by atoms with van der Waals surface area (Å²) in [7, 11) is 0. The van der Waals surface area contributed by atoms with E-state index in [4.69, 9.17) is 5.73 Å². The van der Waals surface area contributed by atoms with Gasteiger partial charge in [0, 0.05) is 35.7 Å². The number of hydrogen-bond acceptors (Lipinski definition) is 4. The van der Waals surface area contributed by atoms with E-state index in [0.29, 0.717) is 5.92 Å². The number of piperidine rings is 1. The smallest absolute Gasteiger partial charge is 0.270 e. The number of non-ortho nitro benzene ring substituents is 1. The van der Waals surface area contributed by atoms with Crippen LogP contribution in [-0.4, -0.2) is 24.1 Å². The van der Waals surface area contributed by atoms with E-state index in [0.717, 1.165) is 36.1 Å². The highest BCUT2D eigenvalue weighted by Gasteiger charge is 2.23. The summed E-state index contributed by atoms with van der Waals surface area (Å²) in [6, 6.07) is 5.17. The van der Waals surface area contributed by atoms with Gasteiger partial charge in [-0.25, -0.2) is 0 Å². The van der Waals surface area contributed by atoms with Crippen LogP contribution in [0.5, 0.6) is 0 Å². The summed E-state index contributed by atoms with van der Waals surface area (Å²) in [5, 5.41) is 10.7. The van der Waals surface area contributed by atoms with E-state index in [-0.39, 0.29) is 16.7 Å². The standard InChI is InChI=1S/C13H18BrN3O2/c1-9(15)10-4-6-16(7-5-10)13-3-2-11(17(18)19)8-12(13)14/h2-3,8-10H,4-7,15H2,1H3. The zero-order valence-electron chi connectivity index (χ0n) is 10.9. The second-order valence-corrected chi connectivity index (χ2v) is 5.93. The molecule has 2 rings (SSSR count). The van der Waals surface area contributed by atoms with Crippen LogP contribution in [0.1, 0.15) is 19.8 Å². The third-order valence-corrected chi connectivity index (χ3v) is 4.40. The molecule has 0 spiro atoms. The summed E-state index contributed by atoms with van der Waals surface area (Å²) in [6.07, 6.45) is 2.14. The molecule has 1 aromatic rings. The number of nitro groups is 1. The Morgan fingerprint density at radius 2 is 2.11 bits per heavy atom. The Hall–Kier alpha value is -1.14. The molecule has 1 aromatic carbocycles. The van der Waals surface area contributed by atoms with Gasteiger partial charge in [-0.05, 0) is 47.7 Å². The summed E-state index contributed by atoms with van der Waals surface area (Å²) in [6.45, 7) is 3.95. The van der Waals surface area contributed by atoms with E-state index in [1.54, 1.807) is 12.1 Å². The first-order chi connectivity index (χ1) is 8.99. The zero-order chi connectivity index (χ0) is 14.0. The molecule has 1 fully saturated rings. The average molecular weight is 328 g/mol. The maximum absolute atomic E-state index is 10.7. The molecule has 0 saturated carbocycles. The molecular formula is C13H18BrN3O2. The molecule has 0 aliphatic carbocycles. The topological polar surface area (TPSA) is 72.4 Å². The maximum atomic E-state index is 10.7. The van der Waals surface area contributed by atoms with E-state index in [2.05, 4.69) is 27.8 Å². The van der Waals surface area contributed by atoms with Crippen LogP contribution in [0.4, 0.5) is 11.4 Å². The third kappa shape index (κ3) is 3.25. The Kier molecular flexibility index (Phi) is 4.42. The number of nitrogens with zero attached hydrogens (tertiary/aromatic N) is 2. The van der Waals surface area contributed by atoms with Crippen LogP contribution in [0.3, 0.4) is 0 Å². The van der Waals surface area contributed by atoms with Crippen LogP contribution in [0.15, 0.2) is 22.7 Å². The lowest BCUT2D eigenvalue weighted by Crippen LogP contribution is -2.39. The Labute approximate surface area is 121 Å². The second-order valence-electron chi connectivity index (χ2n) is 5.08. The van der Waals surface area contributed by atoms with Crippen LogP contribution in [0, 0.1) is 16.0 Å². The van der Waals surface area contributed by atoms with E-state index >= 15 is 0 Å². The number of halogens is 1. The van der Waals surface area contributed by atoms with Gasteiger partial charge in [-0.2, -0.15) is 0 Å². The quantitative estimate of drug-likeness (QED) is 0.684. The highest BCUT2D eigenvalue weighted by molar-refractivity contribution is 9.10. The van der Waals surface area contributed by atoms with Crippen molar-refractivity contribution < 1.29 is 4.92 Å². The van der Waals surface area contributed by atoms with E-state index in [1.807, 2.05) is 6.07 Å². The van der Waals surface area contributed by atoms with Crippen LogP contribution in [-0.2, 0) is 0 Å². The molecule has 1 heterocycles. The Morgan fingerprint density at radius 1 is 1.47 bits per heavy atom. The molecule has 1 aliphatic rings. The van der Waals surface area contributed by atoms with Crippen molar-refractivity contribution >= 4 is 27.3 Å². The van der Waals surface area contributed by atoms with E-state index in [1.165, 1.54) is 0 Å². The van der Waals surface area contributed by atoms with Gasteiger partial charge in [0.05, 0.1) is 10.6 Å². The zero-order valence-corrected chi connectivity index (χ0v) is 12.5. The van der Waals surface area contributed by atoms with Gasteiger partial charge in [-0.3, -0.25) is 10.1 Å². The SMILES string of the molecule is CC(N)C1CCN(c2ccc([N+](=O)[O-])cc2Br)CC1. The molecular weight excluding hydrogens is 310 g/mol. The molecule has 1 unspecified atom stereocenters. The van der Waals surface area contributed by atoms with Gasteiger partial charge in [0.25, 0.3) is 5.69 Å². The molecule has 6 heteroatoms. The van der Waals surface area contributed by atoms with Crippen LogP contribution in [0.2, 0.25) is 0 Å². The largest absolute Gasteiger partial charge is 0.371 e. The van der Waals surface area contributed by atoms with Gasteiger partial charge in [0.1, 0.15) is 0 Å². The molecule has 1 aliphatic heterocycles. The van der Waals surface area contributed by atoms with Crippen molar-refractivity contribution in [2.45, 2.75) is 25.8 Å². The lowest BCUT2D eigenvalue weighted by atomic mass is 9.91. The summed E-state index contributed by atoms with van der Waals surface area (Å²) in [5.41, 5.74) is 7.07. The number of benzene rings is 1. The first kappa shape index (κ1) is 14.3. The minimum atomic E-state index is -0.378. The van der Waals surface area contributed by atoms with Crippen molar-refractivity contribution in [2.24, 2.45) is 11.7 Å². The fraction of sp³-hybridized carbons (Fsp3) is 0.538. The number of nitro benzene ring substituents is 1. The minimum Gasteiger partial charge on any atom is -0.371 e. The van der Waals surface area contributed by atoms with Gasteiger partial charge in [0.15, 0.2) is 0 Å². The minimum absolute atomic E-state index is 0.112. The van der Waals surface area contributed by atoms with Gasteiger partial charge < -0.3 is 10.6 Å². The molecule has 0 radical (unpaired) electrons. The molecule has 2 N–H and O–H groups in total. The predicted octanol–water partition coefficient (Wildman–Crippen LogP) is 2.92. The molecule has 0 bridgehead atoms. The number of nitrogens with two attached hydrogens (primary N) is 1. The maximum Gasteiger partial charge on any atom is 0.270 e. The van der Waals surface area contributed by atoms with Crippen molar-refractivity contribution in [1.29, 1.82) is 0 Å². The third-order valence-electron chi connectivity index (χ3n) is 3.77. The van der Waals surface area contributed by atoms with Gasteiger partial charge in [0.2, 0.25) is 0 Å². The summed E-state index contributed by atoms with van der Waals surface area (Å²) < 4.78 is 0.779. The number of rotatable bonds is 3. The first-order valence-corrected chi connectivity index (χ1v) is 7.23. The molecule has 0 amide bonds. The molecule has 19 heavy (non-hydrogen) atoms. The van der Waals surface area contributed by atoms with Crippen molar-refractivity contribution in [3.8, 4) is 0 Å². The van der Waals surface area contributed by atoms with Gasteiger partial charge >= 0.3 is 0 Å².